The second kappa shape index (κ2) is 6.74. The standard InChI is InChI=1S/C14H19NO4S2/c1-2-3-9-21(17,18)15-11-14(16,12-6-7-19-10-12)13-5-4-8-20-13/h4-8,10,15-16H,2-3,9,11H2,1H3/t14-/m1/s1. The van der Waals surface area contributed by atoms with Gasteiger partial charge in [-0.2, -0.15) is 0 Å². The molecule has 2 aromatic rings. The van der Waals surface area contributed by atoms with Gasteiger partial charge in [-0.25, -0.2) is 13.1 Å². The zero-order valence-electron chi connectivity index (χ0n) is 11.8. The summed E-state index contributed by atoms with van der Waals surface area (Å²) in [6.07, 6.45) is 4.29. The van der Waals surface area contributed by atoms with Crippen molar-refractivity contribution in [3.63, 3.8) is 0 Å². The predicted molar refractivity (Wildman–Crippen MR) is 82.7 cm³/mol. The summed E-state index contributed by atoms with van der Waals surface area (Å²) < 4.78 is 31.4. The van der Waals surface area contributed by atoms with Crippen LogP contribution in [0.1, 0.15) is 30.2 Å². The molecule has 0 bridgehead atoms. The number of sulfonamides is 1. The molecule has 0 radical (unpaired) electrons. The van der Waals surface area contributed by atoms with Crippen molar-refractivity contribution < 1.29 is 17.9 Å². The molecule has 1 atom stereocenters. The van der Waals surface area contributed by atoms with Crippen LogP contribution in [-0.4, -0.2) is 25.8 Å². The van der Waals surface area contributed by atoms with Crippen LogP contribution in [0.5, 0.6) is 0 Å². The zero-order valence-corrected chi connectivity index (χ0v) is 13.4. The average molecular weight is 329 g/mol. The molecule has 2 N–H and O–H groups in total. The van der Waals surface area contributed by atoms with Crippen LogP contribution in [0.25, 0.3) is 0 Å². The fraction of sp³-hybridized carbons (Fsp3) is 0.429. The van der Waals surface area contributed by atoms with E-state index in [9.17, 15) is 13.5 Å². The van der Waals surface area contributed by atoms with Crippen LogP contribution in [0, 0.1) is 0 Å². The molecule has 2 heterocycles. The summed E-state index contributed by atoms with van der Waals surface area (Å²) in [5, 5.41) is 12.8. The third kappa shape index (κ3) is 3.94. The van der Waals surface area contributed by atoms with Gasteiger partial charge in [-0.15, -0.1) is 11.3 Å². The number of nitrogens with one attached hydrogen (secondary N) is 1. The Labute approximate surface area is 128 Å². The van der Waals surface area contributed by atoms with E-state index in [0.717, 1.165) is 6.42 Å². The quantitative estimate of drug-likeness (QED) is 0.779. The zero-order chi connectivity index (χ0) is 15.3. The number of hydrogen-bond acceptors (Lipinski definition) is 5. The maximum atomic E-state index is 11.9. The van der Waals surface area contributed by atoms with Crippen molar-refractivity contribution in [2.75, 3.05) is 12.3 Å². The summed E-state index contributed by atoms with van der Waals surface area (Å²) >= 11 is 1.37. The second-order valence-corrected chi connectivity index (χ2v) is 7.72. The first kappa shape index (κ1) is 16.2. The molecule has 0 aromatic carbocycles. The van der Waals surface area contributed by atoms with Gasteiger partial charge in [0.05, 0.1) is 18.3 Å². The summed E-state index contributed by atoms with van der Waals surface area (Å²) in [6, 6.07) is 5.23. The van der Waals surface area contributed by atoms with Gasteiger partial charge in [0.1, 0.15) is 5.60 Å². The SMILES string of the molecule is CCCCS(=O)(=O)NC[C@@](O)(c1ccoc1)c1cccs1. The Kier molecular flexibility index (Phi) is 5.21. The molecule has 21 heavy (non-hydrogen) atoms. The van der Waals surface area contributed by atoms with Gasteiger partial charge in [0, 0.05) is 17.0 Å². The lowest BCUT2D eigenvalue weighted by atomic mass is 9.95. The Bertz CT molecular complexity index is 598. The minimum atomic E-state index is -3.40. The van der Waals surface area contributed by atoms with E-state index < -0.39 is 15.6 Å². The molecule has 7 heteroatoms. The maximum Gasteiger partial charge on any atom is 0.211 e. The van der Waals surface area contributed by atoms with E-state index in [4.69, 9.17) is 4.42 Å². The second-order valence-electron chi connectivity index (χ2n) is 4.84. The van der Waals surface area contributed by atoms with Crippen molar-refractivity contribution >= 4 is 21.4 Å². The first-order valence-electron chi connectivity index (χ1n) is 6.74. The summed E-state index contributed by atoms with van der Waals surface area (Å²) in [6.45, 7) is 1.82. The predicted octanol–water partition coefficient (Wildman–Crippen LogP) is 2.30. The molecule has 5 nitrogen and oxygen atoms in total. The summed E-state index contributed by atoms with van der Waals surface area (Å²) in [4.78, 5) is 0.669. The third-order valence-electron chi connectivity index (χ3n) is 3.24. The minimum absolute atomic E-state index is 0.0649. The number of unbranched alkanes of at least 4 members (excludes halogenated alkanes) is 1. The first-order chi connectivity index (χ1) is 9.98. The number of hydrogen-bond donors (Lipinski definition) is 2. The van der Waals surface area contributed by atoms with Gasteiger partial charge >= 0.3 is 0 Å². The van der Waals surface area contributed by atoms with E-state index in [2.05, 4.69) is 4.72 Å². The highest BCUT2D eigenvalue weighted by molar-refractivity contribution is 7.89. The third-order valence-corrected chi connectivity index (χ3v) is 5.67. The lowest BCUT2D eigenvalue weighted by Gasteiger charge is -2.26. The highest BCUT2D eigenvalue weighted by Gasteiger charge is 2.35. The highest BCUT2D eigenvalue weighted by Crippen LogP contribution is 2.32. The lowest BCUT2D eigenvalue weighted by Crippen LogP contribution is -2.41. The topological polar surface area (TPSA) is 79.5 Å². The Hall–Kier alpha value is -1.15. The molecule has 116 valence electrons. The molecule has 0 spiro atoms. The van der Waals surface area contributed by atoms with Crippen LogP contribution >= 0.6 is 11.3 Å². The fourth-order valence-electron chi connectivity index (χ4n) is 1.97. The van der Waals surface area contributed by atoms with Crippen LogP contribution in [0.2, 0.25) is 0 Å². The Morgan fingerprint density at radius 3 is 2.81 bits per heavy atom. The molecule has 0 saturated heterocycles. The summed E-state index contributed by atoms with van der Waals surface area (Å²) in [5.41, 5.74) is -0.886. The molecule has 0 aliphatic carbocycles. The van der Waals surface area contributed by atoms with E-state index in [1.165, 1.54) is 23.9 Å². The number of rotatable bonds is 8. The number of furan rings is 1. The molecule has 0 fully saturated rings. The Morgan fingerprint density at radius 2 is 2.24 bits per heavy atom. The lowest BCUT2D eigenvalue weighted by molar-refractivity contribution is 0.0892. The molecule has 0 unspecified atom stereocenters. The number of aliphatic hydroxyl groups is 1. The van der Waals surface area contributed by atoms with Crippen molar-refractivity contribution in [2.45, 2.75) is 25.4 Å². The van der Waals surface area contributed by atoms with Gasteiger partial charge in [0.15, 0.2) is 0 Å². The first-order valence-corrected chi connectivity index (χ1v) is 9.27. The van der Waals surface area contributed by atoms with Gasteiger partial charge in [-0.05, 0) is 23.9 Å². The molecule has 2 rings (SSSR count). The Morgan fingerprint density at radius 1 is 1.43 bits per heavy atom. The molecule has 2 aromatic heterocycles. The van der Waals surface area contributed by atoms with Gasteiger partial charge in [0.2, 0.25) is 10.0 Å². The van der Waals surface area contributed by atoms with Crippen LogP contribution < -0.4 is 4.72 Å². The molecule has 0 amide bonds. The largest absolute Gasteiger partial charge is 0.472 e. The summed E-state index contributed by atoms with van der Waals surface area (Å²) in [7, 11) is -3.40. The van der Waals surface area contributed by atoms with E-state index >= 15 is 0 Å². The van der Waals surface area contributed by atoms with Crippen LogP contribution in [0.15, 0.2) is 40.5 Å². The van der Waals surface area contributed by atoms with E-state index in [-0.39, 0.29) is 12.3 Å². The molecule has 0 saturated carbocycles. The number of thiophene rings is 1. The van der Waals surface area contributed by atoms with Crippen molar-refractivity contribution in [1.29, 1.82) is 0 Å². The van der Waals surface area contributed by atoms with Gasteiger partial charge in [0.25, 0.3) is 0 Å². The van der Waals surface area contributed by atoms with Crippen molar-refractivity contribution in [2.24, 2.45) is 0 Å². The van der Waals surface area contributed by atoms with E-state index in [0.29, 0.717) is 16.9 Å². The van der Waals surface area contributed by atoms with Crippen LogP contribution in [0.4, 0.5) is 0 Å². The van der Waals surface area contributed by atoms with E-state index in [1.54, 1.807) is 12.1 Å². The van der Waals surface area contributed by atoms with Crippen LogP contribution in [0.3, 0.4) is 0 Å². The highest BCUT2D eigenvalue weighted by atomic mass is 32.2. The van der Waals surface area contributed by atoms with E-state index in [1.807, 2.05) is 18.4 Å². The smallest absolute Gasteiger partial charge is 0.211 e. The van der Waals surface area contributed by atoms with Crippen LogP contribution in [-0.2, 0) is 15.6 Å². The fourth-order valence-corrected chi connectivity index (χ4v) is 4.05. The van der Waals surface area contributed by atoms with Crippen molar-refractivity contribution in [3.8, 4) is 0 Å². The molecular weight excluding hydrogens is 310 g/mol. The maximum absolute atomic E-state index is 11.9. The minimum Gasteiger partial charge on any atom is -0.472 e. The normalized spacial score (nSPS) is 15.0. The van der Waals surface area contributed by atoms with Gasteiger partial charge in [-0.1, -0.05) is 19.4 Å². The van der Waals surface area contributed by atoms with Crippen molar-refractivity contribution in [1.82, 2.24) is 4.72 Å². The molecule has 0 aliphatic heterocycles. The summed E-state index contributed by atoms with van der Waals surface area (Å²) in [5.74, 6) is 0.0649. The van der Waals surface area contributed by atoms with Gasteiger partial charge in [-0.3, -0.25) is 0 Å². The van der Waals surface area contributed by atoms with Gasteiger partial charge < -0.3 is 9.52 Å². The molecule has 0 aliphatic rings. The Balaban J connectivity index is 2.19. The monoisotopic (exact) mass is 329 g/mol. The molecular formula is C14H19NO4S2. The van der Waals surface area contributed by atoms with Crippen molar-refractivity contribution in [3.05, 3.63) is 46.5 Å². The average Bonchev–Trinajstić information content (AvgIpc) is 3.14.